The van der Waals surface area contributed by atoms with Gasteiger partial charge in [-0.05, 0) is 5.56 Å². The molecule has 2 rings (SSSR count). The lowest BCUT2D eigenvalue weighted by atomic mass is 10.1. The standard InChI is InChI=1S/C8H6ClN5O2/c9-7-4-6(14(15)16)2-1-5(7)3-8-10-12-13-11-8/h1-2,4H,3H2,(H,10,11,12,13). The Morgan fingerprint density at radius 3 is 2.88 bits per heavy atom. The molecule has 82 valence electrons. The fourth-order valence-electron chi connectivity index (χ4n) is 1.22. The Morgan fingerprint density at radius 1 is 1.50 bits per heavy atom. The summed E-state index contributed by atoms with van der Waals surface area (Å²) in [5.41, 5.74) is 0.676. The SMILES string of the molecule is O=[N+]([O-])c1ccc(Cc2nn[nH]n2)c(Cl)c1. The van der Waals surface area contributed by atoms with Gasteiger partial charge in [-0.2, -0.15) is 5.21 Å². The molecule has 16 heavy (non-hydrogen) atoms. The molecular weight excluding hydrogens is 234 g/mol. The van der Waals surface area contributed by atoms with Crippen LogP contribution in [0.4, 0.5) is 5.69 Å². The minimum atomic E-state index is -0.496. The zero-order valence-electron chi connectivity index (χ0n) is 7.92. The molecule has 0 fully saturated rings. The van der Waals surface area contributed by atoms with E-state index in [9.17, 15) is 10.1 Å². The van der Waals surface area contributed by atoms with E-state index in [2.05, 4.69) is 20.6 Å². The molecule has 0 saturated carbocycles. The van der Waals surface area contributed by atoms with E-state index < -0.39 is 4.92 Å². The van der Waals surface area contributed by atoms with Crippen molar-refractivity contribution in [3.8, 4) is 0 Å². The summed E-state index contributed by atoms with van der Waals surface area (Å²) in [7, 11) is 0. The number of nitro benzene ring substituents is 1. The maximum atomic E-state index is 10.5. The fourth-order valence-corrected chi connectivity index (χ4v) is 1.46. The summed E-state index contributed by atoms with van der Waals surface area (Å²) in [5, 5.41) is 24.1. The predicted octanol–water partition coefficient (Wildman–Crippen LogP) is 1.35. The topological polar surface area (TPSA) is 97.6 Å². The molecule has 0 spiro atoms. The first kappa shape index (κ1) is 10.5. The van der Waals surface area contributed by atoms with E-state index >= 15 is 0 Å². The van der Waals surface area contributed by atoms with Crippen molar-refractivity contribution in [2.45, 2.75) is 6.42 Å². The fraction of sp³-hybridized carbons (Fsp3) is 0.125. The molecule has 1 aromatic carbocycles. The molecule has 0 saturated heterocycles. The summed E-state index contributed by atoms with van der Waals surface area (Å²) >= 11 is 5.90. The lowest BCUT2D eigenvalue weighted by Gasteiger charge is -2.00. The van der Waals surface area contributed by atoms with Gasteiger partial charge in [-0.3, -0.25) is 10.1 Å². The van der Waals surface area contributed by atoms with Crippen LogP contribution in [0.2, 0.25) is 5.02 Å². The number of rotatable bonds is 3. The number of aromatic amines is 1. The van der Waals surface area contributed by atoms with Gasteiger partial charge in [0.05, 0.1) is 9.95 Å². The third-order valence-electron chi connectivity index (χ3n) is 1.99. The maximum Gasteiger partial charge on any atom is 0.270 e. The molecule has 1 heterocycles. The second kappa shape index (κ2) is 4.23. The van der Waals surface area contributed by atoms with E-state index in [0.29, 0.717) is 22.8 Å². The van der Waals surface area contributed by atoms with Crippen LogP contribution in [0.15, 0.2) is 18.2 Å². The molecule has 0 amide bonds. The predicted molar refractivity (Wildman–Crippen MR) is 55.1 cm³/mol. The number of benzene rings is 1. The lowest BCUT2D eigenvalue weighted by molar-refractivity contribution is -0.384. The Bertz CT molecular complexity index is 513. The first-order chi connectivity index (χ1) is 7.66. The maximum absolute atomic E-state index is 10.5. The Labute approximate surface area is 94.6 Å². The minimum Gasteiger partial charge on any atom is -0.258 e. The molecule has 0 radical (unpaired) electrons. The monoisotopic (exact) mass is 239 g/mol. The van der Waals surface area contributed by atoms with E-state index in [1.165, 1.54) is 12.1 Å². The van der Waals surface area contributed by atoms with Crippen molar-refractivity contribution in [3.05, 3.63) is 44.7 Å². The highest BCUT2D eigenvalue weighted by Gasteiger charge is 2.11. The first-order valence-corrected chi connectivity index (χ1v) is 4.70. The zero-order valence-corrected chi connectivity index (χ0v) is 8.68. The molecule has 2 aromatic rings. The highest BCUT2D eigenvalue weighted by molar-refractivity contribution is 6.31. The van der Waals surface area contributed by atoms with Crippen LogP contribution >= 0.6 is 11.6 Å². The van der Waals surface area contributed by atoms with Crippen molar-refractivity contribution in [2.24, 2.45) is 0 Å². The van der Waals surface area contributed by atoms with Crippen LogP contribution in [0.5, 0.6) is 0 Å². The largest absolute Gasteiger partial charge is 0.270 e. The van der Waals surface area contributed by atoms with E-state index in [0.717, 1.165) is 0 Å². The summed E-state index contributed by atoms with van der Waals surface area (Å²) in [6, 6.07) is 4.27. The molecule has 1 N–H and O–H groups in total. The molecule has 0 atom stereocenters. The molecule has 8 heteroatoms. The van der Waals surface area contributed by atoms with Crippen LogP contribution in [-0.4, -0.2) is 25.5 Å². The summed E-state index contributed by atoms with van der Waals surface area (Å²) in [5.74, 6) is 0.482. The van der Waals surface area contributed by atoms with Crippen molar-refractivity contribution in [3.63, 3.8) is 0 Å². The van der Waals surface area contributed by atoms with Gasteiger partial charge in [0, 0.05) is 18.6 Å². The molecule has 0 bridgehead atoms. The van der Waals surface area contributed by atoms with Crippen molar-refractivity contribution >= 4 is 17.3 Å². The van der Waals surface area contributed by atoms with Gasteiger partial charge < -0.3 is 0 Å². The van der Waals surface area contributed by atoms with E-state index in [1.807, 2.05) is 0 Å². The van der Waals surface area contributed by atoms with Gasteiger partial charge >= 0.3 is 0 Å². The molecule has 0 aliphatic heterocycles. The molecule has 1 aromatic heterocycles. The third kappa shape index (κ3) is 2.14. The molecule has 0 aliphatic rings. The van der Waals surface area contributed by atoms with Crippen molar-refractivity contribution in [1.29, 1.82) is 0 Å². The molecule has 0 aliphatic carbocycles. The summed E-state index contributed by atoms with van der Waals surface area (Å²) < 4.78 is 0. The highest BCUT2D eigenvalue weighted by atomic mass is 35.5. The summed E-state index contributed by atoms with van der Waals surface area (Å²) in [6.45, 7) is 0. The zero-order chi connectivity index (χ0) is 11.5. The molecule has 7 nitrogen and oxygen atoms in total. The molecular formula is C8H6ClN5O2. The smallest absolute Gasteiger partial charge is 0.258 e. The van der Waals surface area contributed by atoms with Gasteiger partial charge in [-0.25, -0.2) is 0 Å². The number of hydrogen-bond acceptors (Lipinski definition) is 5. The normalized spacial score (nSPS) is 10.3. The second-order valence-corrected chi connectivity index (χ2v) is 3.44. The Hall–Kier alpha value is -2.02. The van der Waals surface area contributed by atoms with Gasteiger partial charge in [0.15, 0.2) is 5.82 Å². The number of aromatic nitrogens is 4. The first-order valence-electron chi connectivity index (χ1n) is 4.32. The van der Waals surface area contributed by atoms with Crippen LogP contribution in [0.1, 0.15) is 11.4 Å². The van der Waals surface area contributed by atoms with E-state index in [4.69, 9.17) is 11.6 Å². The number of non-ortho nitro benzene ring substituents is 1. The van der Waals surface area contributed by atoms with Crippen molar-refractivity contribution in [2.75, 3.05) is 0 Å². The lowest BCUT2D eigenvalue weighted by Crippen LogP contribution is -1.94. The number of H-pyrrole nitrogens is 1. The van der Waals surface area contributed by atoms with Crippen LogP contribution in [0, 0.1) is 10.1 Å². The van der Waals surface area contributed by atoms with Gasteiger partial charge in [0.1, 0.15) is 0 Å². The van der Waals surface area contributed by atoms with Crippen LogP contribution < -0.4 is 0 Å². The number of tetrazole rings is 1. The van der Waals surface area contributed by atoms with Crippen molar-refractivity contribution < 1.29 is 4.92 Å². The van der Waals surface area contributed by atoms with Crippen LogP contribution in [0.3, 0.4) is 0 Å². The average Bonchev–Trinajstić information content (AvgIpc) is 2.73. The number of halogens is 1. The number of nitro groups is 1. The Morgan fingerprint density at radius 2 is 2.31 bits per heavy atom. The van der Waals surface area contributed by atoms with Gasteiger partial charge in [-0.1, -0.05) is 22.9 Å². The molecule has 0 unspecified atom stereocenters. The minimum absolute atomic E-state index is 0.0399. The van der Waals surface area contributed by atoms with Gasteiger partial charge in [-0.15, -0.1) is 10.2 Å². The average molecular weight is 240 g/mol. The Kier molecular flexibility index (Phi) is 2.78. The van der Waals surface area contributed by atoms with E-state index in [-0.39, 0.29) is 5.69 Å². The van der Waals surface area contributed by atoms with E-state index in [1.54, 1.807) is 6.07 Å². The number of nitrogens with one attached hydrogen (secondary N) is 1. The third-order valence-corrected chi connectivity index (χ3v) is 2.34. The number of hydrogen-bond donors (Lipinski definition) is 1. The summed E-state index contributed by atoms with van der Waals surface area (Å²) in [4.78, 5) is 9.99. The quantitative estimate of drug-likeness (QED) is 0.644. The summed E-state index contributed by atoms with van der Waals surface area (Å²) in [6.07, 6.45) is 0.382. The van der Waals surface area contributed by atoms with Gasteiger partial charge in [0.2, 0.25) is 0 Å². The number of nitrogens with zero attached hydrogens (tertiary/aromatic N) is 4. The Balaban J connectivity index is 2.26. The second-order valence-electron chi connectivity index (χ2n) is 3.04. The van der Waals surface area contributed by atoms with Crippen molar-refractivity contribution in [1.82, 2.24) is 20.6 Å². The van der Waals surface area contributed by atoms with Gasteiger partial charge in [0.25, 0.3) is 5.69 Å². The highest BCUT2D eigenvalue weighted by Crippen LogP contribution is 2.23. The van der Waals surface area contributed by atoms with Crippen LogP contribution in [0.25, 0.3) is 0 Å². The van der Waals surface area contributed by atoms with Crippen LogP contribution in [-0.2, 0) is 6.42 Å².